The number of benzene rings is 1. The normalized spacial score (nSPS) is 10.9. The molecule has 0 saturated heterocycles. The Morgan fingerprint density at radius 1 is 0.842 bits per heavy atom. The van der Waals surface area contributed by atoms with Crippen LogP contribution < -0.4 is 16.0 Å². The summed E-state index contributed by atoms with van der Waals surface area (Å²) >= 11 is 3.33. The minimum Gasteiger partial charge on any atom is -0.351 e. The highest BCUT2D eigenvalue weighted by atomic mass is 79.9. The van der Waals surface area contributed by atoms with Gasteiger partial charge in [0.15, 0.2) is 5.78 Å². The summed E-state index contributed by atoms with van der Waals surface area (Å²) in [6.07, 6.45) is 4.23. The lowest BCUT2D eigenvalue weighted by atomic mass is 10.1. The van der Waals surface area contributed by atoms with Crippen LogP contribution in [0.2, 0.25) is 0 Å². The van der Waals surface area contributed by atoms with Gasteiger partial charge in [0.1, 0.15) is 11.4 Å². The number of nitrogens with zero attached hydrogens (tertiary/aromatic N) is 3. The highest BCUT2D eigenvalue weighted by molar-refractivity contribution is 9.10. The van der Waals surface area contributed by atoms with E-state index in [4.69, 9.17) is 0 Å². The number of carbonyl (C=O) groups excluding carboxylic acids is 4. The lowest BCUT2D eigenvalue weighted by molar-refractivity contribution is -0.116. The Labute approximate surface area is 230 Å². The molecule has 0 unspecified atom stereocenters. The first-order valence-corrected chi connectivity index (χ1v) is 13.0. The molecule has 0 fully saturated rings. The molecule has 0 bridgehead atoms. The molecular formula is C27H33BrN6O4. The van der Waals surface area contributed by atoms with E-state index in [-0.39, 0.29) is 36.3 Å². The summed E-state index contributed by atoms with van der Waals surface area (Å²) in [5, 5.41) is 8.42. The maximum absolute atomic E-state index is 12.9. The van der Waals surface area contributed by atoms with Crippen molar-refractivity contribution in [3.05, 3.63) is 70.2 Å². The van der Waals surface area contributed by atoms with Gasteiger partial charge in [-0.05, 0) is 51.3 Å². The maximum atomic E-state index is 12.9. The number of Topliss-reactive ketones (excluding diaryl/α,β-unsaturated/α-hetero) is 1. The van der Waals surface area contributed by atoms with Crippen LogP contribution in [-0.2, 0) is 18.9 Å². The van der Waals surface area contributed by atoms with Crippen LogP contribution >= 0.6 is 15.9 Å². The second-order valence-electron chi connectivity index (χ2n) is 9.29. The predicted molar refractivity (Wildman–Crippen MR) is 151 cm³/mol. The number of amides is 3. The van der Waals surface area contributed by atoms with Crippen LogP contribution in [0, 0.1) is 0 Å². The molecule has 1 aromatic carbocycles. The van der Waals surface area contributed by atoms with Gasteiger partial charge in [-0.25, -0.2) is 0 Å². The molecule has 38 heavy (non-hydrogen) atoms. The molecule has 0 aliphatic rings. The van der Waals surface area contributed by atoms with Crippen molar-refractivity contribution in [1.82, 2.24) is 19.4 Å². The zero-order valence-electron chi connectivity index (χ0n) is 22.0. The SMILES string of the molecule is CN(C)CCCNC(=O)c1cc(NC(=O)c2cc(NC(=O)CCC(=O)c3ccc(Br)cc3)cn2C)cn1C. The first-order chi connectivity index (χ1) is 18.0. The zero-order valence-corrected chi connectivity index (χ0v) is 23.6. The van der Waals surface area contributed by atoms with Gasteiger partial charge in [0, 0.05) is 55.9 Å². The van der Waals surface area contributed by atoms with Crippen LogP contribution in [-0.4, -0.2) is 64.7 Å². The van der Waals surface area contributed by atoms with Crippen molar-refractivity contribution >= 4 is 50.8 Å². The molecule has 0 saturated carbocycles. The van der Waals surface area contributed by atoms with E-state index in [0.717, 1.165) is 17.4 Å². The van der Waals surface area contributed by atoms with Gasteiger partial charge in [-0.1, -0.05) is 28.1 Å². The largest absolute Gasteiger partial charge is 0.351 e. The molecule has 3 aromatic rings. The van der Waals surface area contributed by atoms with E-state index in [9.17, 15) is 19.2 Å². The average Bonchev–Trinajstić information content (AvgIpc) is 3.41. The number of carbonyl (C=O) groups is 4. The van der Waals surface area contributed by atoms with Gasteiger partial charge in [-0.2, -0.15) is 0 Å². The van der Waals surface area contributed by atoms with Crippen LogP contribution in [0.3, 0.4) is 0 Å². The number of hydrogen-bond acceptors (Lipinski definition) is 5. The van der Waals surface area contributed by atoms with Crippen molar-refractivity contribution in [2.45, 2.75) is 19.3 Å². The summed E-state index contributed by atoms with van der Waals surface area (Å²) in [7, 11) is 7.39. The Morgan fingerprint density at radius 3 is 2.03 bits per heavy atom. The molecule has 0 aliphatic carbocycles. The molecule has 0 atom stereocenters. The average molecular weight is 586 g/mol. The summed E-state index contributed by atoms with van der Waals surface area (Å²) in [5.41, 5.74) is 2.23. The highest BCUT2D eigenvalue weighted by Crippen LogP contribution is 2.18. The second kappa shape index (κ2) is 13.2. The Kier molecular flexibility index (Phi) is 10.0. The number of rotatable bonds is 12. The minimum atomic E-state index is -0.387. The van der Waals surface area contributed by atoms with E-state index in [0.29, 0.717) is 34.9 Å². The van der Waals surface area contributed by atoms with E-state index in [1.54, 1.807) is 72.0 Å². The third kappa shape index (κ3) is 8.15. The van der Waals surface area contributed by atoms with E-state index in [2.05, 4.69) is 36.8 Å². The predicted octanol–water partition coefficient (Wildman–Crippen LogP) is 3.66. The first kappa shape index (κ1) is 28.9. The quantitative estimate of drug-likeness (QED) is 0.222. The number of halogens is 1. The van der Waals surface area contributed by atoms with Crippen molar-refractivity contribution in [1.29, 1.82) is 0 Å². The number of aryl methyl sites for hydroxylation is 2. The van der Waals surface area contributed by atoms with E-state index in [1.807, 2.05) is 14.1 Å². The second-order valence-corrected chi connectivity index (χ2v) is 10.2. The molecule has 3 amide bonds. The number of aromatic nitrogens is 2. The highest BCUT2D eigenvalue weighted by Gasteiger charge is 2.17. The molecule has 3 rings (SSSR count). The van der Waals surface area contributed by atoms with Crippen molar-refractivity contribution in [2.75, 3.05) is 37.8 Å². The third-order valence-corrected chi connectivity index (χ3v) is 6.36. The van der Waals surface area contributed by atoms with Gasteiger partial charge in [-0.3, -0.25) is 19.2 Å². The van der Waals surface area contributed by atoms with E-state index < -0.39 is 0 Å². The molecule has 0 aliphatic heterocycles. The van der Waals surface area contributed by atoms with E-state index >= 15 is 0 Å². The molecule has 11 heteroatoms. The van der Waals surface area contributed by atoms with Crippen LogP contribution in [0.5, 0.6) is 0 Å². The van der Waals surface area contributed by atoms with Gasteiger partial charge in [-0.15, -0.1) is 0 Å². The fourth-order valence-corrected chi connectivity index (χ4v) is 4.10. The molecule has 0 radical (unpaired) electrons. The van der Waals surface area contributed by atoms with Gasteiger partial charge in [0.25, 0.3) is 11.8 Å². The van der Waals surface area contributed by atoms with Crippen molar-refractivity contribution in [3.8, 4) is 0 Å². The molecule has 0 spiro atoms. The van der Waals surface area contributed by atoms with Crippen molar-refractivity contribution in [2.24, 2.45) is 14.1 Å². The van der Waals surface area contributed by atoms with Gasteiger partial charge in [0.05, 0.1) is 11.4 Å². The van der Waals surface area contributed by atoms with Crippen LogP contribution in [0.4, 0.5) is 11.4 Å². The van der Waals surface area contributed by atoms with Gasteiger partial charge < -0.3 is 30.0 Å². The summed E-state index contributed by atoms with van der Waals surface area (Å²) in [6, 6.07) is 10.2. The first-order valence-electron chi connectivity index (χ1n) is 12.2. The van der Waals surface area contributed by atoms with Crippen LogP contribution in [0.25, 0.3) is 0 Å². The molecule has 3 N–H and O–H groups in total. The van der Waals surface area contributed by atoms with Crippen LogP contribution in [0.15, 0.2) is 53.3 Å². The molecule has 202 valence electrons. The number of hydrogen-bond donors (Lipinski definition) is 3. The van der Waals surface area contributed by atoms with Gasteiger partial charge >= 0.3 is 0 Å². The summed E-state index contributed by atoms with van der Waals surface area (Å²) in [5.74, 6) is -1.04. The Hall–Kier alpha value is -3.70. The maximum Gasteiger partial charge on any atom is 0.272 e. The number of anilines is 2. The van der Waals surface area contributed by atoms with Crippen molar-refractivity contribution in [3.63, 3.8) is 0 Å². The van der Waals surface area contributed by atoms with Crippen LogP contribution in [0.1, 0.15) is 50.6 Å². The Bertz CT molecular complexity index is 1310. The Balaban J connectivity index is 1.53. The summed E-state index contributed by atoms with van der Waals surface area (Å²) in [4.78, 5) is 52.1. The van der Waals surface area contributed by atoms with E-state index in [1.165, 1.54) is 0 Å². The van der Waals surface area contributed by atoms with Gasteiger partial charge in [0.2, 0.25) is 5.91 Å². The lowest BCUT2D eigenvalue weighted by Crippen LogP contribution is -2.28. The van der Waals surface area contributed by atoms with Crippen molar-refractivity contribution < 1.29 is 19.2 Å². The summed E-state index contributed by atoms with van der Waals surface area (Å²) in [6.45, 7) is 1.43. The lowest BCUT2D eigenvalue weighted by Gasteiger charge is -2.10. The molecule has 2 heterocycles. The topological polar surface area (TPSA) is 117 Å². The zero-order chi connectivity index (χ0) is 27.8. The number of nitrogens with one attached hydrogen (secondary N) is 3. The monoisotopic (exact) mass is 584 g/mol. The molecule has 2 aromatic heterocycles. The summed E-state index contributed by atoms with van der Waals surface area (Å²) < 4.78 is 4.13. The fraction of sp³-hybridized carbons (Fsp3) is 0.333. The standard InChI is InChI=1S/C27H33BrN6O4/c1-32(2)13-5-12-29-26(37)22-15-21(17-33(22)3)31-27(38)23-14-20(16-34(23)4)30-25(36)11-10-24(35)18-6-8-19(28)9-7-18/h6-9,14-17H,5,10-13H2,1-4H3,(H,29,37)(H,30,36)(H,31,38). The minimum absolute atomic E-state index is 0.0231. The molecular weight excluding hydrogens is 552 g/mol. The third-order valence-electron chi connectivity index (χ3n) is 5.83. The smallest absolute Gasteiger partial charge is 0.272 e. The number of ketones is 1. The fourth-order valence-electron chi connectivity index (χ4n) is 3.83. The Morgan fingerprint density at radius 2 is 1.42 bits per heavy atom. The molecule has 10 nitrogen and oxygen atoms in total.